The number of ether oxygens (including phenoxy) is 1. The molecule has 6 rings (SSSR count). The van der Waals surface area contributed by atoms with E-state index in [1.54, 1.807) is 6.92 Å². The zero-order valence-corrected chi connectivity index (χ0v) is 27.2. The van der Waals surface area contributed by atoms with Gasteiger partial charge in [0.1, 0.15) is 0 Å². The van der Waals surface area contributed by atoms with Gasteiger partial charge in [0.05, 0.1) is 6.61 Å². The second kappa shape index (κ2) is 14.3. The Morgan fingerprint density at radius 3 is 1.26 bits per heavy atom. The van der Waals surface area contributed by atoms with Gasteiger partial charge < -0.3 is 19.6 Å². The Morgan fingerprint density at radius 2 is 0.872 bits per heavy atom. The second-order valence-corrected chi connectivity index (χ2v) is 11.9. The molecule has 0 aliphatic carbocycles. The number of anilines is 6. The van der Waals surface area contributed by atoms with Gasteiger partial charge in [-0.2, -0.15) is 0 Å². The predicted molar refractivity (Wildman–Crippen MR) is 196 cm³/mol. The van der Waals surface area contributed by atoms with Crippen LogP contribution in [-0.4, -0.2) is 11.4 Å². The molecule has 4 heteroatoms. The molecule has 6 aromatic carbocycles. The van der Waals surface area contributed by atoms with Crippen LogP contribution in [0.2, 0.25) is 0 Å². The van der Waals surface area contributed by atoms with Crippen molar-refractivity contribution < 1.29 is 9.84 Å². The summed E-state index contributed by atoms with van der Waals surface area (Å²) < 4.78 is 5.54. The van der Waals surface area contributed by atoms with Gasteiger partial charge in [-0.25, -0.2) is 0 Å². The third-order valence-electron chi connectivity index (χ3n) is 8.21. The van der Waals surface area contributed by atoms with Crippen LogP contribution in [0.5, 0.6) is 0 Å². The van der Waals surface area contributed by atoms with Crippen LogP contribution in [0.4, 0.5) is 34.1 Å². The molecular weight excluding hydrogens is 576 g/mol. The van der Waals surface area contributed by atoms with E-state index in [9.17, 15) is 5.11 Å². The number of aliphatic hydroxyl groups is 1. The van der Waals surface area contributed by atoms with Crippen molar-refractivity contribution in [2.75, 3.05) is 9.80 Å². The quantitative estimate of drug-likeness (QED) is 0.116. The van der Waals surface area contributed by atoms with Crippen molar-refractivity contribution in [3.63, 3.8) is 0 Å². The van der Waals surface area contributed by atoms with Crippen LogP contribution < -0.4 is 9.80 Å². The molecule has 6 aromatic rings. The number of hydrogen-bond acceptors (Lipinski definition) is 4. The van der Waals surface area contributed by atoms with Crippen LogP contribution >= 0.6 is 0 Å². The molecule has 0 radical (unpaired) electrons. The van der Waals surface area contributed by atoms with Crippen LogP contribution in [-0.2, 0) is 11.3 Å². The molecule has 0 aliphatic rings. The van der Waals surface area contributed by atoms with Crippen molar-refractivity contribution in [2.24, 2.45) is 0 Å². The van der Waals surface area contributed by atoms with Crippen LogP contribution in [0.1, 0.15) is 23.6 Å². The Labute approximate surface area is 278 Å². The summed E-state index contributed by atoms with van der Waals surface area (Å²) in [7, 11) is 0. The summed E-state index contributed by atoms with van der Waals surface area (Å²) in [5.74, 6) is 0. The maximum atomic E-state index is 9.96. The van der Waals surface area contributed by atoms with Gasteiger partial charge in [-0.15, -0.1) is 0 Å². The van der Waals surface area contributed by atoms with E-state index in [1.165, 1.54) is 11.1 Å². The molecule has 47 heavy (non-hydrogen) atoms. The second-order valence-electron chi connectivity index (χ2n) is 11.9. The van der Waals surface area contributed by atoms with Crippen molar-refractivity contribution >= 4 is 34.1 Å². The van der Waals surface area contributed by atoms with E-state index < -0.39 is 6.29 Å². The fraction of sp³-hybridized carbons (Fsp3) is 0.116. The number of nitrogens with zero attached hydrogens (tertiary/aromatic N) is 2. The van der Waals surface area contributed by atoms with Crippen LogP contribution in [0.25, 0.3) is 11.1 Å². The van der Waals surface area contributed by atoms with Crippen molar-refractivity contribution in [2.45, 2.75) is 33.7 Å². The number of aryl methyl sites for hydroxylation is 2. The minimum Gasteiger partial charge on any atom is -0.364 e. The zero-order chi connectivity index (χ0) is 32.8. The molecule has 1 atom stereocenters. The lowest BCUT2D eigenvalue weighted by atomic mass is 10.0. The normalized spacial score (nSPS) is 11.6. The van der Waals surface area contributed by atoms with E-state index in [0.29, 0.717) is 12.2 Å². The summed E-state index contributed by atoms with van der Waals surface area (Å²) in [5.41, 5.74) is 12.8. The topological polar surface area (TPSA) is 35.9 Å². The molecule has 0 spiro atoms. The van der Waals surface area contributed by atoms with Gasteiger partial charge in [0.2, 0.25) is 0 Å². The smallest absolute Gasteiger partial charge is 0.176 e. The molecule has 234 valence electrons. The number of para-hydroxylation sites is 1. The highest BCUT2D eigenvalue weighted by atomic mass is 16.6. The van der Waals surface area contributed by atoms with E-state index in [0.717, 1.165) is 50.8 Å². The van der Waals surface area contributed by atoms with Gasteiger partial charge in [-0.3, -0.25) is 0 Å². The molecule has 0 saturated heterocycles. The third-order valence-corrected chi connectivity index (χ3v) is 8.21. The third kappa shape index (κ3) is 7.53. The van der Waals surface area contributed by atoms with Crippen LogP contribution in [0.15, 0.2) is 164 Å². The standard InChI is InChI=1S/C43H40N2O2/c1-31(2)43(46)47-30-34-14-24-40(25-15-34)45(39-22-12-33(4)13-23-39)42-28-18-36(19-29-42)35-16-26-41(27-17-35)44(37-8-6-5-7-9-37)38-20-10-32(3)11-21-38/h5-29,43,46H,1,30H2,2-4H3. The Kier molecular flexibility index (Phi) is 9.63. The van der Waals surface area contributed by atoms with Gasteiger partial charge in [0, 0.05) is 34.1 Å². The Morgan fingerprint density at radius 1 is 0.532 bits per heavy atom. The van der Waals surface area contributed by atoms with Crippen molar-refractivity contribution in [3.05, 3.63) is 181 Å². The van der Waals surface area contributed by atoms with Gasteiger partial charge in [-0.05, 0) is 116 Å². The SMILES string of the molecule is C=C(C)C(O)OCc1ccc(N(c2ccc(C)cc2)c2ccc(-c3ccc(N(c4ccccc4)c4ccc(C)cc4)cc3)cc2)cc1. The Hall–Kier alpha value is -5.42. The summed E-state index contributed by atoms with van der Waals surface area (Å²) in [4.78, 5) is 4.53. The highest BCUT2D eigenvalue weighted by Gasteiger charge is 2.15. The summed E-state index contributed by atoms with van der Waals surface area (Å²) in [6, 6.07) is 53.4. The lowest BCUT2D eigenvalue weighted by Crippen LogP contribution is -2.12. The van der Waals surface area contributed by atoms with Gasteiger partial charge in [0.15, 0.2) is 6.29 Å². The fourth-order valence-electron chi connectivity index (χ4n) is 5.52. The maximum Gasteiger partial charge on any atom is 0.176 e. The summed E-state index contributed by atoms with van der Waals surface area (Å²) in [6.45, 7) is 10.0. The van der Waals surface area contributed by atoms with Crippen LogP contribution in [0, 0.1) is 13.8 Å². The van der Waals surface area contributed by atoms with E-state index in [-0.39, 0.29) is 0 Å². The van der Waals surface area contributed by atoms with E-state index >= 15 is 0 Å². The Bertz CT molecular complexity index is 1900. The number of benzene rings is 6. The average Bonchev–Trinajstić information content (AvgIpc) is 3.11. The summed E-state index contributed by atoms with van der Waals surface area (Å²) in [5, 5.41) is 9.96. The summed E-state index contributed by atoms with van der Waals surface area (Å²) >= 11 is 0. The van der Waals surface area contributed by atoms with E-state index in [1.807, 2.05) is 18.2 Å². The van der Waals surface area contributed by atoms with Crippen LogP contribution in [0.3, 0.4) is 0 Å². The molecule has 1 unspecified atom stereocenters. The van der Waals surface area contributed by atoms with Crippen molar-refractivity contribution in [1.29, 1.82) is 0 Å². The van der Waals surface area contributed by atoms with E-state index in [4.69, 9.17) is 4.74 Å². The van der Waals surface area contributed by atoms with Gasteiger partial charge in [0.25, 0.3) is 0 Å². The predicted octanol–water partition coefficient (Wildman–Crippen LogP) is 11.3. The molecule has 1 N–H and O–H groups in total. The molecule has 0 aromatic heterocycles. The first-order valence-electron chi connectivity index (χ1n) is 15.9. The maximum absolute atomic E-state index is 9.96. The molecule has 0 saturated carbocycles. The first-order chi connectivity index (χ1) is 22.9. The van der Waals surface area contributed by atoms with Gasteiger partial charge in [-0.1, -0.05) is 96.6 Å². The average molecular weight is 617 g/mol. The lowest BCUT2D eigenvalue weighted by Gasteiger charge is -2.26. The number of hydrogen-bond donors (Lipinski definition) is 1. The van der Waals surface area contributed by atoms with Crippen molar-refractivity contribution in [1.82, 2.24) is 0 Å². The molecular formula is C43H40N2O2. The van der Waals surface area contributed by atoms with Crippen molar-refractivity contribution in [3.8, 4) is 11.1 Å². The molecule has 4 nitrogen and oxygen atoms in total. The molecule has 0 aliphatic heterocycles. The molecule has 0 fully saturated rings. The summed E-state index contributed by atoms with van der Waals surface area (Å²) in [6.07, 6.45) is -0.968. The zero-order valence-electron chi connectivity index (χ0n) is 27.2. The monoisotopic (exact) mass is 616 g/mol. The fourth-order valence-corrected chi connectivity index (χ4v) is 5.52. The number of rotatable bonds is 11. The molecule has 0 heterocycles. The minimum atomic E-state index is -0.968. The minimum absolute atomic E-state index is 0.306. The molecule has 0 amide bonds. The first kappa shape index (κ1) is 31.6. The molecule has 0 bridgehead atoms. The highest BCUT2D eigenvalue weighted by molar-refractivity contribution is 5.80. The first-order valence-corrected chi connectivity index (χ1v) is 15.9. The lowest BCUT2D eigenvalue weighted by molar-refractivity contribution is -0.0808. The largest absolute Gasteiger partial charge is 0.364 e. The Balaban J connectivity index is 1.27. The van der Waals surface area contributed by atoms with E-state index in [2.05, 4.69) is 164 Å². The van der Waals surface area contributed by atoms with Gasteiger partial charge >= 0.3 is 0 Å². The highest BCUT2D eigenvalue weighted by Crippen LogP contribution is 2.38. The number of aliphatic hydroxyl groups excluding tert-OH is 1.